The first-order valence-corrected chi connectivity index (χ1v) is 12.7. The number of benzene rings is 2. The Kier molecular flexibility index (Phi) is 8.51. The summed E-state index contributed by atoms with van der Waals surface area (Å²) in [7, 11) is -1.53. The number of carbonyl (C=O) groups excluding carboxylic acids is 1. The summed E-state index contributed by atoms with van der Waals surface area (Å²) in [6.45, 7) is 10.5. The zero-order chi connectivity index (χ0) is 26.6. The monoisotopic (exact) mass is 510 g/mol. The van der Waals surface area contributed by atoms with Gasteiger partial charge in [-0.2, -0.15) is 0 Å². The topological polar surface area (TPSA) is 85.7 Å². The van der Waals surface area contributed by atoms with Gasteiger partial charge in [-0.25, -0.2) is 14.2 Å². The first-order valence-electron chi connectivity index (χ1n) is 11.5. The highest BCUT2D eigenvalue weighted by atomic mass is 31.1. The van der Waals surface area contributed by atoms with E-state index in [2.05, 4.69) is 6.58 Å². The normalized spacial score (nSPS) is 14.2. The number of aromatic nitrogens is 1. The van der Waals surface area contributed by atoms with Gasteiger partial charge >= 0.3 is 19.2 Å². The Morgan fingerprint density at radius 1 is 1.14 bits per heavy atom. The van der Waals surface area contributed by atoms with Gasteiger partial charge < -0.3 is 9.84 Å². The van der Waals surface area contributed by atoms with Crippen LogP contribution in [-0.4, -0.2) is 34.4 Å². The molecule has 2 aromatic carbocycles. The molecule has 0 radical (unpaired) electrons. The SMILES string of the molecule is C=CC(C(=O)Oc1c(-c2ccc(F)cc2C)cc(-c2ccccc2)nc1C(C)C)(C(C)O)[P+](=O)OC. The van der Waals surface area contributed by atoms with Crippen LogP contribution < -0.4 is 4.74 Å². The van der Waals surface area contributed by atoms with Crippen LogP contribution in [0.15, 0.2) is 67.3 Å². The number of rotatable bonds is 9. The quantitative estimate of drug-likeness (QED) is 0.199. The van der Waals surface area contributed by atoms with E-state index in [-0.39, 0.29) is 11.7 Å². The maximum absolute atomic E-state index is 14.0. The molecule has 0 saturated heterocycles. The van der Waals surface area contributed by atoms with Crippen LogP contribution >= 0.6 is 8.03 Å². The van der Waals surface area contributed by atoms with Gasteiger partial charge in [0.25, 0.3) is 0 Å². The summed E-state index contributed by atoms with van der Waals surface area (Å²) in [6.07, 6.45) is -0.327. The van der Waals surface area contributed by atoms with Crippen molar-refractivity contribution < 1.29 is 28.1 Å². The summed E-state index contributed by atoms with van der Waals surface area (Å²) in [5.41, 5.74) is 3.74. The van der Waals surface area contributed by atoms with Gasteiger partial charge in [0.1, 0.15) is 11.9 Å². The fraction of sp³-hybridized carbons (Fsp3) is 0.286. The molecule has 0 saturated carbocycles. The molecule has 8 heteroatoms. The van der Waals surface area contributed by atoms with Gasteiger partial charge in [0, 0.05) is 11.1 Å². The number of ether oxygens (including phenoxy) is 1. The Hall–Kier alpha value is -3.25. The second-order valence-corrected chi connectivity index (χ2v) is 10.4. The second kappa shape index (κ2) is 11.2. The van der Waals surface area contributed by atoms with E-state index in [4.69, 9.17) is 14.2 Å². The van der Waals surface area contributed by atoms with Crippen molar-refractivity contribution in [2.45, 2.75) is 44.9 Å². The number of halogens is 1. The third kappa shape index (κ3) is 5.14. The minimum Gasteiger partial charge on any atom is -0.420 e. The molecule has 3 unspecified atom stereocenters. The largest absolute Gasteiger partial charge is 0.533 e. The summed E-state index contributed by atoms with van der Waals surface area (Å²) in [6, 6.07) is 15.6. The van der Waals surface area contributed by atoms with Crippen molar-refractivity contribution in [2.75, 3.05) is 7.11 Å². The predicted molar refractivity (Wildman–Crippen MR) is 139 cm³/mol. The van der Waals surface area contributed by atoms with E-state index in [0.29, 0.717) is 28.1 Å². The molecule has 1 aromatic heterocycles. The van der Waals surface area contributed by atoms with Gasteiger partial charge in [-0.15, -0.1) is 4.52 Å². The summed E-state index contributed by atoms with van der Waals surface area (Å²) in [5, 5.41) is 8.44. The Bertz CT molecular complexity index is 1290. The van der Waals surface area contributed by atoms with Gasteiger partial charge in [0.15, 0.2) is 5.75 Å². The average molecular weight is 511 g/mol. The van der Waals surface area contributed by atoms with Crippen LogP contribution in [0.25, 0.3) is 22.4 Å². The number of aryl methyl sites for hydroxylation is 1. The lowest BCUT2D eigenvalue weighted by Gasteiger charge is -2.23. The number of hydrogen-bond donors (Lipinski definition) is 1. The molecule has 1 heterocycles. The molecule has 188 valence electrons. The van der Waals surface area contributed by atoms with Crippen LogP contribution in [0.3, 0.4) is 0 Å². The standard InChI is InChI=1S/C28H30FNO5P/c1-7-28(19(5)31,36(33)34-6)27(32)35-26-23(22-14-13-21(29)15-18(22)4)16-24(30-25(26)17(2)3)20-11-9-8-10-12-20/h7-17,19,31H,1H2,2-6H3/q+1. The van der Waals surface area contributed by atoms with Crippen molar-refractivity contribution in [3.8, 4) is 28.1 Å². The number of aliphatic hydroxyl groups excluding tert-OH is 1. The lowest BCUT2D eigenvalue weighted by Crippen LogP contribution is -2.46. The molecule has 3 rings (SSSR count). The van der Waals surface area contributed by atoms with Gasteiger partial charge in [-0.1, -0.05) is 56.8 Å². The van der Waals surface area contributed by atoms with Crippen molar-refractivity contribution in [1.82, 2.24) is 4.98 Å². The van der Waals surface area contributed by atoms with Crippen LogP contribution in [0.5, 0.6) is 5.75 Å². The van der Waals surface area contributed by atoms with Crippen LogP contribution in [0.4, 0.5) is 4.39 Å². The van der Waals surface area contributed by atoms with E-state index < -0.39 is 31.1 Å². The number of aliphatic hydroxyl groups is 1. The van der Waals surface area contributed by atoms with Crippen molar-refractivity contribution in [1.29, 1.82) is 0 Å². The first-order chi connectivity index (χ1) is 17.1. The van der Waals surface area contributed by atoms with Gasteiger partial charge in [-0.05, 0) is 59.7 Å². The molecule has 36 heavy (non-hydrogen) atoms. The molecule has 0 bridgehead atoms. The van der Waals surface area contributed by atoms with E-state index in [1.807, 2.05) is 44.2 Å². The molecule has 0 spiro atoms. The lowest BCUT2D eigenvalue weighted by molar-refractivity contribution is -0.138. The van der Waals surface area contributed by atoms with Gasteiger partial charge in [0.05, 0.1) is 18.5 Å². The molecule has 0 amide bonds. The molecular formula is C28H30FNO5P+. The molecule has 3 atom stereocenters. The summed E-state index contributed by atoms with van der Waals surface area (Å²) in [5.74, 6) is -1.44. The highest BCUT2D eigenvalue weighted by Gasteiger charge is 2.61. The van der Waals surface area contributed by atoms with Crippen molar-refractivity contribution in [2.24, 2.45) is 0 Å². The summed E-state index contributed by atoms with van der Waals surface area (Å²) in [4.78, 5) is 18.4. The molecule has 1 N–H and O–H groups in total. The zero-order valence-electron chi connectivity index (χ0n) is 21.0. The Morgan fingerprint density at radius 2 is 1.81 bits per heavy atom. The van der Waals surface area contributed by atoms with E-state index in [0.717, 1.165) is 11.6 Å². The minimum atomic E-state index is -2.71. The fourth-order valence-corrected chi connectivity index (χ4v) is 4.94. The molecule has 0 aliphatic carbocycles. The predicted octanol–water partition coefficient (Wildman–Crippen LogP) is 6.59. The number of nitrogens with zero attached hydrogens (tertiary/aromatic N) is 1. The minimum absolute atomic E-state index is 0.135. The van der Waals surface area contributed by atoms with Crippen molar-refractivity contribution in [3.05, 3.63) is 84.3 Å². The highest BCUT2D eigenvalue weighted by Crippen LogP contribution is 2.46. The average Bonchev–Trinajstić information content (AvgIpc) is 2.85. The Morgan fingerprint density at radius 3 is 2.33 bits per heavy atom. The molecule has 6 nitrogen and oxygen atoms in total. The maximum atomic E-state index is 14.0. The number of carbonyl (C=O) groups is 1. The van der Waals surface area contributed by atoms with Gasteiger partial charge in [0.2, 0.25) is 0 Å². The van der Waals surface area contributed by atoms with Crippen LogP contribution in [-0.2, 0) is 13.9 Å². The smallest absolute Gasteiger partial charge is 0.420 e. The number of pyridine rings is 1. The van der Waals surface area contributed by atoms with E-state index in [9.17, 15) is 18.9 Å². The van der Waals surface area contributed by atoms with Gasteiger partial charge in [-0.3, -0.25) is 0 Å². The zero-order valence-corrected chi connectivity index (χ0v) is 21.9. The molecular weight excluding hydrogens is 480 g/mol. The molecule has 3 aromatic rings. The molecule has 0 aliphatic heterocycles. The van der Waals surface area contributed by atoms with Crippen LogP contribution in [0, 0.1) is 12.7 Å². The highest BCUT2D eigenvalue weighted by molar-refractivity contribution is 7.43. The van der Waals surface area contributed by atoms with E-state index >= 15 is 0 Å². The van der Waals surface area contributed by atoms with Crippen LogP contribution in [0.1, 0.15) is 37.9 Å². The Labute approximate surface area is 211 Å². The van der Waals surface area contributed by atoms with Crippen molar-refractivity contribution in [3.63, 3.8) is 0 Å². The maximum Gasteiger partial charge on any atom is 0.533 e. The van der Waals surface area contributed by atoms with Crippen LogP contribution in [0.2, 0.25) is 0 Å². The summed E-state index contributed by atoms with van der Waals surface area (Å²) < 4.78 is 37.6. The third-order valence-corrected chi connectivity index (χ3v) is 7.71. The fourth-order valence-electron chi connectivity index (χ4n) is 3.99. The van der Waals surface area contributed by atoms with E-state index in [1.165, 1.54) is 26.2 Å². The van der Waals surface area contributed by atoms with E-state index in [1.54, 1.807) is 19.1 Å². The molecule has 0 aliphatic rings. The number of hydrogen-bond acceptors (Lipinski definition) is 6. The molecule has 0 fully saturated rings. The first kappa shape index (κ1) is 27.3. The number of esters is 1. The Balaban J connectivity index is 2.32. The van der Waals surface area contributed by atoms with Crippen molar-refractivity contribution >= 4 is 14.0 Å². The second-order valence-electron chi connectivity index (χ2n) is 8.78. The third-order valence-electron chi connectivity index (χ3n) is 6.03. The summed E-state index contributed by atoms with van der Waals surface area (Å²) >= 11 is 0. The lowest BCUT2D eigenvalue weighted by atomic mass is 9.94.